The maximum absolute atomic E-state index is 11.4. The Kier molecular flexibility index (Phi) is 7.16. The van der Waals surface area contributed by atoms with E-state index in [0.717, 1.165) is 38.5 Å². The van der Waals surface area contributed by atoms with Crippen molar-refractivity contribution in [3.8, 4) is 0 Å². The molecule has 0 aromatic heterocycles. The van der Waals surface area contributed by atoms with Gasteiger partial charge in [-0.15, -0.1) is 0 Å². The van der Waals surface area contributed by atoms with Crippen molar-refractivity contribution < 1.29 is 10.2 Å². The predicted molar refractivity (Wildman–Crippen MR) is 123 cm³/mol. The third-order valence-corrected chi connectivity index (χ3v) is 8.37. The molecule has 164 valence electrons. The van der Waals surface area contributed by atoms with E-state index in [1.54, 1.807) is 5.57 Å². The van der Waals surface area contributed by atoms with Gasteiger partial charge in [0.05, 0.1) is 11.7 Å². The molecule has 5 atom stereocenters. The lowest BCUT2D eigenvalue weighted by atomic mass is 9.59. The van der Waals surface area contributed by atoms with Gasteiger partial charge in [0.1, 0.15) is 0 Å². The smallest absolute Gasteiger partial charge is 0.0653 e. The summed E-state index contributed by atoms with van der Waals surface area (Å²) in [5.41, 5.74) is 3.66. The van der Waals surface area contributed by atoms with Gasteiger partial charge < -0.3 is 10.2 Å². The number of hydrogen-bond donors (Lipinski definition) is 2. The number of allylic oxidation sites excluding steroid dienone is 4. The van der Waals surface area contributed by atoms with Crippen LogP contribution in [0.2, 0.25) is 0 Å². The average molecular weight is 401 g/mol. The molecule has 0 heterocycles. The molecule has 29 heavy (non-hydrogen) atoms. The summed E-state index contributed by atoms with van der Waals surface area (Å²) in [6.45, 7) is 13.3. The molecule has 3 rings (SSSR count). The minimum absolute atomic E-state index is 0.210. The second-order valence-corrected chi connectivity index (χ2v) is 11.1. The zero-order valence-corrected chi connectivity index (χ0v) is 19.3. The van der Waals surface area contributed by atoms with Crippen molar-refractivity contribution in [3.05, 3.63) is 35.5 Å². The quantitative estimate of drug-likeness (QED) is 0.518. The van der Waals surface area contributed by atoms with Crippen LogP contribution in [0.1, 0.15) is 98.3 Å². The molecular weight excluding hydrogens is 356 g/mol. The topological polar surface area (TPSA) is 40.5 Å². The molecule has 0 aromatic carbocycles. The summed E-state index contributed by atoms with van der Waals surface area (Å²) < 4.78 is 0. The highest BCUT2D eigenvalue weighted by Gasteiger charge is 2.54. The molecule has 0 unspecified atom stereocenters. The Labute approximate surface area is 179 Å². The van der Waals surface area contributed by atoms with Gasteiger partial charge in [0.15, 0.2) is 0 Å². The normalized spacial score (nSPS) is 37.9. The number of hydrogen-bond acceptors (Lipinski definition) is 2. The maximum Gasteiger partial charge on any atom is 0.0653 e. The molecule has 3 fully saturated rings. The minimum atomic E-state index is -0.554. The maximum atomic E-state index is 11.4. The van der Waals surface area contributed by atoms with Crippen LogP contribution in [0.4, 0.5) is 0 Å². The average Bonchev–Trinajstić information content (AvgIpc) is 3.00. The van der Waals surface area contributed by atoms with E-state index < -0.39 is 5.60 Å². The van der Waals surface area contributed by atoms with Gasteiger partial charge in [-0.1, -0.05) is 63.5 Å². The van der Waals surface area contributed by atoms with E-state index in [-0.39, 0.29) is 11.5 Å². The van der Waals surface area contributed by atoms with Gasteiger partial charge in [-0.2, -0.15) is 0 Å². The molecule has 2 N–H and O–H groups in total. The van der Waals surface area contributed by atoms with E-state index in [1.165, 1.54) is 43.3 Å². The largest absolute Gasteiger partial charge is 0.393 e. The van der Waals surface area contributed by atoms with Gasteiger partial charge in [0.2, 0.25) is 0 Å². The number of aliphatic hydroxyl groups excluding tert-OH is 1. The zero-order chi connectivity index (χ0) is 21.2. The fraction of sp³-hybridized carbons (Fsp3) is 0.778. The van der Waals surface area contributed by atoms with E-state index in [0.29, 0.717) is 17.8 Å². The van der Waals surface area contributed by atoms with Crippen molar-refractivity contribution in [2.45, 2.75) is 110 Å². The third-order valence-electron chi connectivity index (χ3n) is 8.37. The highest BCUT2D eigenvalue weighted by Crippen LogP contribution is 2.60. The van der Waals surface area contributed by atoms with Gasteiger partial charge in [-0.3, -0.25) is 0 Å². The minimum Gasteiger partial charge on any atom is -0.393 e. The Bertz CT molecular complexity index is 653. The molecule has 0 saturated heterocycles. The first-order valence-corrected chi connectivity index (χ1v) is 12.1. The summed E-state index contributed by atoms with van der Waals surface area (Å²) in [4.78, 5) is 0. The summed E-state index contributed by atoms with van der Waals surface area (Å²) in [5.74, 6) is 1.70. The Morgan fingerprint density at radius 2 is 1.97 bits per heavy atom. The molecule has 2 heteroatoms. The molecule has 3 saturated carbocycles. The molecule has 0 spiro atoms. The first-order chi connectivity index (χ1) is 13.6. The summed E-state index contributed by atoms with van der Waals surface area (Å²) >= 11 is 0. The fourth-order valence-electron chi connectivity index (χ4n) is 6.70. The summed E-state index contributed by atoms with van der Waals surface area (Å²) in [6.07, 6.45) is 16.2. The Balaban J connectivity index is 1.75. The van der Waals surface area contributed by atoms with Crippen LogP contribution in [0.15, 0.2) is 35.5 Å². The number of rotatable bonds is 6. The van der Waals surface area contributed by atoms with E-state index in [1.807, 2.05) is 0 Å². The van der Waals surface area contributed by atoms with Gasteiger partial charge in [-0.05, 0) is 93.5 Å². The first-order valence-electron chi connectivity index (χ1n) is 12.1. The molecule has 3 aliphatic rings. The number of aliphatic hydroxyl groups is 2. The van der Waals surface area contributed by atoms with Crippen molar-refractivity contribution in [1.29, 1.82) is 0 Å². The molecule has 0 bridgehead atoms. The van der Waals surface area contributed by atoms with Gasteiger partial charge in [0.25, 0.3) is 0 Å². The lowest BCUT2D eigenvalue weighted by Gasteiger charge is -2.47. The summed E-state index contributed by atoms with van der Waals surface area (Å²) in [5, 5.41) is 21.5. The lowest BCUT2D eigenvalue weighted by molar-refractivity contribution is -0.0657. The zero-order valence-electron chi connectivity index (χ0n) is 19.3. The third kappa shape index (κ3) is 5.07. The Morgan fingerprint density at radius 3 is 2.69 bits per heavy atom. The lowest BCUT2D eigenvalue weighted by Crippen LogP contribution is -2.45. The predicted octanol–water partition coefficient (Wildman–Crippen LogP) is 6.73. The van der Waals surface area contributed by atoms with Crippen molar-refractivity contribution in [2.24, 2.45) is 23.2 Å². The molecule has 0 aliphatic heterocycles. The SMILES string of the molecule is C=C1CC[C@H](O)C/C1=C\C=C1/CCC[C@@]2(C)[C@H]1CC[C@@H]2[C@@](C)(O)CCCC(C)C. The van der Waals surface area contributed by atoms with E-state index >= 15 is 0 Å². The molecular formula is C27H44O2. The highest BCUT2D eigenvalue weighted by molar-refractivity contribution is 5.36. The van der Waals surface area contributed by atoms with E-state index in [4.69, 9.17) is 0 Å². The van der Waals surface area contributed by atoms with Crippen LogP contribution >= 0.6 is 0 Å². The van der Waals surface area contributed by atoms with Gasteiger partial charge >= 0.3 is 0 Å². The van der Waals surface area contributed by atoms with Crippen molar-refractivity contribution in [2.75, 3.05) is 0 Å². The Hall–Kier alpha value is -0.860. The van der Waals surface area contributed by atoms with Crippen LogP contribution in [-0.4, -0.2) is 21.9 Å². The molecule has 3 aliphatic carbocycles. The molecule has 0 aromatic rings. The second kappa shape index (κ2) is 9.10. The van der Waals surface area contributed by atoms with Crippen LogP contribution < -0.4 is 0 Å². The van der Waals surface area contributed by atoms with E-state index in [2.05, 4.69) is 46.4 Å². The van der Waals surface area contributed by atoms with Crippen LogP contribution in [0.3, 0.4) is 0 Å². The van der Waals surface area contributed by atoms with Crippen LogP contribution in [0, 0.1) is 23.2 Å². The molecule has 0 radical (unpaired) electrons. The van der Waals surface area contributed by atoms with Crippen LogP contribution in [0.25, 0.3) is 0 Å². The first kappa shape index (κ1) is 22.8. The fourth-order valence-corrected chi connectivity index (χ4v) is 6.70. The van der Waals surface area contributed by atoms with Crippen molar-refractivity contribution >= 4 is 0 Å². The molecule has 2 nitrogen and oxygen atoms in total. The monoisotopic (exact) mass is 400 g/mol. The van der Waals surface area contributed by atoms with Crippen LogP contribution in [-0.2, 0) is 0 Å². The number of fused-ring (bicyclic) bond motifs is 1. The second-order valence-electron chi connectivity index (χ2n) is 11.1. The van der Waals surface area contributed by atoms with E-state index in [9.17, 15) is 10.2 Å². The summed E-state index contributed by atoms with van der Waals surface area (Å²) in [7, 11) is 0. The van der Waals surface area contributed by atoms with Crippen molar-refractivity contribution in [3.63, 3.8) is 0 Å². The van der Waals surface area contributed by atoms with Crippen molar-refractivity contribution in [1.82, 2.24) is 0 Å². The Morgan fingerprint density at radius 1 is 1.21 bits per heavy atom. The van der Waals surface area contributed by atoms with Gasteiger partial charge in [-0.25, -0.2) is 0 Å². The standard InChI is InChI=1S/C27H44O2/c1-19(2)8-6-17-27(5,29)25-15-14-24-21(9-7-16-26(24,25)4)11-12-22-18-23(28)13-10-20(22)3/h11-12,19,23-25,28-29H,3,6-10,13-18H2,1-2,4-5H3/b21-11+,22-12+/t23-,24-,25-,26-,27-/m0/s1. The van der Waals surface area contributed by atoms with Crippen LogP contribution in [0.5, 0.6) is 0 Å². The van der Waals surface area contributed by atoms with Gasteiger partial charge in [0, 0.05) is 0 Å². The highest BCUT2D eigenvalue weighted by atomic mass is 16.3. The summed E-state index contributed by atoms with van der Waals surface area (Å²) in [6, 6.07) is 0. The molecule has 0 amide bonds.